The van der Waals surface area contributed by atoms with Crippen LogP contribution in [0.5, 0.6) is 0 Å². The van der Waals surface area contributed by atoms with Crippen LogP contribution in [-0.4, -0.2) is 31.0 Å². The molecular weight excluding hydrogens is 171 g/mol. The summed E-state index contributed by atoms with van der Waals surface area (Å²) in [6.45, 7) is 0.822. The van der Waals surface area contributed by atoms with E-state index >= 15 is 0 Å². The van der Waals surface area contributed by atoms with Crippen LogP contribution in [0.4, 0.5) is 13.2 Å². The van der Waals surface area contributed by atoms with Crippen molar-refractivity contribution in [1.29, 1.82) is 0 Å². The predicted octanol–water partition coefficient (Wildman–Crippen LogP) is 0.767. The Hall–Kier alpha value is -0.290. The lowest BCUT2D eigenvalue weighted by Crippen LogP contribution is -2.46. The van der Waals surface area contributed by atoms with Gasteiger partial charge in [0.05, 0.1) is 6.61 Å². The quantitative estimate of drug-likeness (QED) is 0.629. The number of aliphatic hydroxyl groups is 1. The normalized spacial score (nSPS) is 37.2. The van der Waals surface area contributed by atoms with E-state index in [1.807, 2.05) is 0 Å². The van der Waals surface area contributed by atoms with Gasteiger partial charge in [-0.2, -0.15) is 13.2 Å². The van der Waals surface area contributed by atoms with Gasteiger partial charge in [0.2, 0.25) is 0 Å². The molecule has 0 saturated carbocycles. The summed E-state index contributed by atoms with van der Waals surface area (Å²) in [5.74, 6) is -0.553. The minimum atomic E-state index is -4.31. The molecule has 0 bridgehead atoms. The Morgan fingerprint density at radius 3 is 2.33 bits per heavy atom. The minimum Gasteiger partial charge on any atom is -0.395 e. The van der Waals surface area contributed by atoms with Crippen LogP contribution in [-0.2, 0) is 0 Å². The molecule has 0 aromatic carbocycles. The second kappa shape index (κ2) is 2.88. The Bertz CT molecular complexity index is 171. The first-order chi connectivity index (χ1) is 5.44. The van der Waals surface area contributed by atoms with Crippen molar-refractivity contribution in [3.05, 3.63) is 0 Å². The van der Waals surface area contributed by atoms with E-state index in [1.54, 1.807) is 0 Å². The highest BCUT2D eigenvalue weighted by molar-refractivity contribution is 4.97. The number of aliphatic hydroxyl groups excluding tert-OH is 1. The summed E-state index contributed by atoms with van der Waals surface area (Å²) in [6.07, 6.45) is -4.31. The van der Waals surface area contributed by atoms with E-state index in [9.17, 15) is 13.2 Å². The van der Waals surface area contributed by atoms with Crippen LogP contribution in [0.15, 0.2) is 0 Å². The molecule has 1 rings (SSSR count). The molecule has 0 unspecified atom stereocenters. The fourth-order valence-corrected chi connectivity index (χ4v) is 1.56. The monoisotopic (exact) mass is 183 g/mol. The largest absolute Gasteiger partial charge is 0.398 e. The van der Waals surface area contributed by atoms with Gasteiger partial charge in [0.25, 0.3) is 0 Å². The first-order valence-electron chi connectivity index (χ1n) is 3.82. The summed E-state index contributed by atoms with van der Waals surface area (Å²) in [6, 6.07) is 0. The van der Waals surface area contributed by atoms with Crippen LogP contribution >= 0.6 is 0 Å². The second-order valence-corrected chi connectivity index (χ2v) is 3.34. The van der Waals surface area contributed by atoms with Crippen LogP contribution in [0.25, 0.3) is 0 Å². The third-order valence-corrected chi connectivity index (χ3v) is 2.68. The van der Waals surface area contributed by atoms with Crippen molar-refractivity contribution >= 4 is 0 Å². The van der Waals surface area contributed by atoms with E-state index in [2.05, 4.69) is 5.32 Å². The number of alkyl halides is 3. The predicted molar refractivity (Wildman–Crippen MR) is 37.6 cm³/mol. The van der Waals surface area contributed by atoms with E-state index in [0.717, 1.165) is 0 Å². The van der Waals surface area contributed by atoms with Crippen LogP contribution < -0.4 is 5.32 Å². The molecule has 1 aliphatic heterocycles. The molecule has 72 valence electrons. The summed E-state index contributed by atoms with van der Waals surface area (Å²) in [5, 5.41) is 11.4. The Balaban J connectivity index is 2.89. The van der Waals surface area contributed by atoms with Crippen molar-refractivity contribution in [3.8, 4) is 0 Å². The summed E-state index contributed by atoms with van der Waals surface area (Å²) in [7, 11) is 0. The molecule has 1 fully saturated rings. The zero-order valence-electron chi connectivity index (χ0n) is 6.78. The highest BCUT2D eigenvalue weighted by atomic mass is 19.4. The van der Waals surface area contributed by atoms with Gasteiger partial charge in [-0.3, -0.25) is 0 Å². The van der Waals surface area contributed by atoms with Gasteiger partial charge in [-0.25, -0.2) is 0 Å². The van der Waals surface area contributed by atoms with Crippen molar-refractivity contribution < 1.29 is 18.3 Å². The van der Waals surface area contributed by atoms with Gasteiger partial charge >= 0.3 is 6.18 Å². The summed E-state index contributed by atoms with van der Waals surface area (Å²) in [5.41, 5.74) is -1.92. The number of halogens is 3. The molecule has 2 atom stereocenters. The van der Waals surface area contributed by atoms with E-state index in [1.165, 1.54) is 6.92 Å². The van der Waals surface area contributed by atoms with Crippen molar-refractivity contribution in [2.45, 2.75) is 13.1 Å². The molecular formula is C7H12F3NO. The van der Waals surface area contributed by atoms with Gasteiger partial charge < -0.3 is 10.4 Å². The average molecular weight is 183 g/mol. The number of rotatable bonds is 1. The van der Waals surface area contributed by atoms with Crippen molar-refractivity contribution in [2.75, 3.05) is 19.7 Å². The lowest BCUT2D eigenvalue weighted by atomic mass is 9.79. The highest BCUT2D eigenvalue weighted by Gasteiger charge is 2.59. The van der Waals surface area contributed by atoms with E-state index in [4.69, 9.17) is 5.11 Å². The average Bonchev–Trinajstić information content (AvgIpc) is 2.30. The summed E-state index contributed by atoms with van der Waals surface area (Å²) >= 11 is 0. The number of hydrogen-bond acceptors (Lipinski definition) is 2. The van der Waals surface area contributed by atoms with Gasteiger partial charge in [0.1, 0.15) is 5.41 Å². The van der Waals surface area contributed by atoms with E-state index in [-0.39, 0.29) is 6.54 Å². The maximum atomic E-state index is 12.5. The molecule has 2 nitrogen and oxygen atoms in total. The second-order valence-electron chi connectivity index (χ2n) is 3.34. The Labute approximate surface area is 68.8 Å². The molecule has 12 heavy (non-hydrogen) atoms. The molecule has 0 aromatic rings. The summed E-state index contributed by atoms with van der Waals surface area (Å²) < 4.78 is 37.4. The Kier molecular flexibility index (Phi) is 2.35. The van der Waals surface area contributed by atoms with Crippen LogP contribution in [0.2, 0.25) is 0 Å². The first-order valence-corrected chi connectivity index (χ1v) is 3.82. The van der Waals surface area contributed by atoms with Crippen molar-refractivity contribution in [3.63, 3.8) is 0 Å². The van der Waals surface area contributed by atoms with Crippen LogP contribution in [0, 0.1) is 11.3 Å². The Morgan fingerprint density at radius 2 is 2.17 bits per heavy atom. The molecule has 1 saturated heterocycles. The van der Waals surface area contributed by atoms with E-state index in [0.29, 0.717) is 6.54 Å². The molecule has 1 heterocycles. The van der Waals surface area contributed by atoms with E-state index < -0.39 is 24.1 Å². The zero-order chi connectivity index (χ0) is 9.41. The molecule has 2 N–H and O–H groups in total. The molecule has 0 amide bonds. The molecule has 0 radical (unpaired) electrons. The molecule has 5 heteroatoms. The lowest BCUT2D eigenvalue weighted by Gasteiger charge is -2.32. The van der Waals surface area contributed by atoms with Gasteiger partial charge in [0.15, 0.2) is 0 Å². The third kappa shape index (κ3) is 1.21. The van der Waals surface area contributed by atoms with Gasteiger partial charge in [-0.1, -0.05) is 6.92 Å². The maximum absolute atomic E-state index is 12.5. The first kappa shape index (κ1) is 9.80. The van der Waals surface area contributed by atoms with Crippen LogP contribution in [0.3, 0.4) is 0 Å². The topological polar surface area (TPSA) is 32.3 Å². The molecule has 0 spiro atoms. The number of hydrogen-bond donors (Lipinski definition) is 2. The van der Waals surface area contributed by atoms with Crippen molar-refractivity contribution in [2.24, 2.45) is 11.3 Å². The fourth-order valence-electron chi connectivity index (χ4n) is 1.56. The maximum Gasteiger partial charge on any atom is 0.398 e. The zero-order valence-corrected chi connectivity index (χ0v) is 6.78. The Morgan fingerprint density at radius 1 is 1.58 bits per heavy atom. The molecule has 0 aromatic heterocycles. The van der Waals surface area contributed by atoms with Gasteiger partial charge in [0, 0.05) is 6.54 Å². The molecule has 0 aliphatic carbocycles. The van der Waals surface area contributed by atoms with Gasteiger partial charge in [-0.05, 0) is 12.5 Å². The third-order valence-electron chi connectivity index (χ3n) is 2.68. The molecule has 1 aliphatic rings. The summed E-state index contributed by atoms with van der Waals surface area (Å²) in [4.78, 5) is 0. The van der Waals surface area contributed by atoms with Crippen molar-refractivity contribution in [1.82, 2.24) is 5.32 Å². The SMILES string of the molecule is C[C@@H]1CNC[C@@]1(CO)C(F)(F)F. The van der Waals surface area contributed by atoms with Crippen LogP contribution in [0.1, 0.15) is 6.92 Å². The van der Waals surface area contributed by atoms with Gasteiger partial charge in [-0.15, -0.1) is 0 Å². The fraction of sp³-hybridized carbons (Fsp3) is 1.00. The lowest BCUT2D eigenvalue weighted by molar-refractivity contribution is -0.240. The number of nitrogens with one attached hydrogen (secondary N) is 1. The standard InChI is InChI=1S/C7H12F3NO/c1-5-2-11-3-6(5,4-12)7(8,9)10/h5,11-12H,2-4H2,1H3/t5-,6+/m1/s1. The smallest absolute Gasteiger partial charge is 0.395 e. The minimum absolute atomic E-state index is 0.172. The highest BCUT2D eigenvalue weighted by Crippen LogP contribution is 2.45.